The summed E-state index contributed by atoms with van der Waals surface area (Å²) in [5.74, 6) is 1.40. The van der Waals surface area contributed by atoms with Gasteiger partial charge in [-0.2, -0.15) is 0 Å². The predicted molar refractivity (Wildman–Crippen MR) is 72.2 cm³/mol. The van der Waals surface area contributed by atoms with E-state index in [-0.39, 0.29) is 0 Å². The summed E-state index contributed by atoms with van der Waals surface area (Å²) in [7, 11) is 0. The molecule has 92 valence electrons. The van der Waals surface area contributed by atoms with E-state index in [9.17, 15) is 0 Å². The quantitative estimate of drug-likeness (QED) is 0.827. The van der Waals surface area contributed by atoms with Gasteiger partial charge in [0.15, 0.2) is 0 Å². The molecule has 17 heavy (non-hydrogen) atoms. The summed E-state index contributed by atoms with van der Waals surface area (Å²) in [4.78, 5) is 0. The molecule has 2 unspecified atom stereocenters. The van der Waals surface area contributed by atoms with Gasteiger partial charge in [0.1, 0.15) is 0 Å². The zero-order valence-electron chi connectivity index (χ0n) is 11.0. The van der Waals surface area contributed by atoms with E-state index in [1.807, 2.05) is 0 Å². The molecule has 1 aromatic carbocycles. The van der Waals surface area contributed by atoms with Crippen molar-refractivity contribution in [3.8, 4) is 0 Å². The Hall–Kier alpha value is -0.820. The molecule has 0 bridgehead atoms. The van der Waals surface area contributed by atoms with Gasteiger partial charge in [-0.05, 0) is 66.2 Å². The van der Waals surface area contributed by atoms with E-state index in [2.05, 4.69) is 32.0 Å². The predicted octanol–water partition coefficient (Wildman–Crippen LogP) is 3.26. The van der Waals surface area contributed by atoms with E-state index in [4.69, 9.17) is 5.73 Å². The monoisotopic (exact) mass is 229 g/mol. The minimum atomic E-state index is 0.418. The van der Waals surface area contributed by atoms with Crippen molar-refractivity contribution in [2.24, 2.45) is 17.1 Å². The number of hydrogen-bond acceptors (Lipinski definition) is 1. The molecule has 2 N–H and O–H groups in total. The Morgan fingerprint density at radius 3 is 2.71 bits per heavy atom. The number of hydrogen-bond donors (Lipinski definition) is 1. The van der Waals surface area contributed by atoms with Crippen LogP contribution in [0.15, 0.2) is 18.2 Å². The molecule has 2 aliphatic rings. The van der Waals surface area contributed by atoms with Crippen molar-refractivity contribution >= 4 is 0 Å². The summed E-state index contributed by atoms with van der Waals surface area (Å²) < 4.78 is 0. The first-order chi connectivity index (χ1) is 8.16. The highest BCUT2D eigenvalue weighted by Gasteiger charge is 2.57. The molecule has 2 atom stereocenters. The molecule has 1 saturated carbocycles. The van der Waals surface area contributed by atoms with E-state index in [1.165, 1.54) is 25.7 Å². The molecule has 0 spiro atoms. The number of aryl methyl sites for hydroxylation is 1. The Balaban J connectivity index is 1.99. The highest BCUT2D eigenvalue weighted by molar-refractivity contribution is 5.44. The zero-order valence-corrected chi connectivity index (χ0v) is 11.0. The second-order valence-corrected chi connectivity index (χ2v) is 6.33. The third-order valence-electron chi connectivity index (χ3n) is 5.07. The summed E-state index contributed by atoms with van der Waals surface area (Å²) in [6.07, 6.45) is 5.30. The molecule has 1 fully saturated rings. The first-order valence-corrected chi connectivity index (χ1v) is 6.97. The molecular formula is C16H23N. The van der Waals surface area contributed by atoms with Gasteiger partial charge in [0.2, 0.25) is 0 Å². The molecule has 0 amide bonds. The topological polar surface area (TPSA) is 26.0 Å². The third kappa shape index (κ3) is 1.63. The van der Waals surface area contributed by atoms with Crippen molar-refractivity contribution in [3.63, 3.8) is 0 Å². The molecule has 1 heteroatoms. The maximum atomic E-state index is 5.91. The van der Waals surface area contributed by atoms with Crippen molar-refractivity contribution in [1.29, 1.82) is 0 Å². The van der Waals surface area contributed by atoms with Crippen molar-refractivity contribution in [1.82, 2.24) is 0 Å². The molecule has 0 aliphatic heterocycles. The summed E-state index contributed by atoms with van der Waals surface area (Å²) in [6.45, 7) is 5.58. The molecule has 2 aliphatic carbocycles. The van der Waals surface area contributed by atoms with Crippen LogP contribution in [0.4, 0.5) is 0 Å². The van der Waals surface area contributed by atoms with Gasteiger partial charge in [0.05, 0.1) is 0 Å². The Morgan fingerprint density at radius 1 is 1.24 bits per heavy atom. The third-order valence-corrected chi connectivity index (χ3v) is 5.07. The van der Waals surface area contributed by atoms with Gasteiger partial charge >= 0.3 is 0 Å². The number of rotatable bonds is 2. The highest BCUT2D eigenvalue weighted by Crippen LogP contribution is 2.64. The fourth-order valence-electron chi connectivity index (χ4n) is 3.90. The zero-order chi connectivity index (χ0) is 12.0. The van der Waals surface area contributed by atoms with E-state index in [1.54, 1.807) is 16.7 Å². The second kappa shape index (κ2) is 3.84. The first kappa shape index (κ1) is 11.3. The van der Waals surface area contributed by atoms with Gasteiger partial charge in [-0.15, -0.1) is 0 Å². The molecule has 0 saturated heterocycles. The fraction of sp³-hybridized carbons (Fsp3) is 0.625. The maximum Gasteiger partial charge on any atom is -0.00375 e. The van der Waals surface area contributed by atoms with Crippen molar-refractivity contribution in [2.75, 3.05) is 6.54 Å². The smallest absolute Gasteiger partial charge is 0.00375 e. The van der Waals surface area contributed by atoms with Crippen LogP contribution in [0.3, 0.4) is 0 Å². The van der Waals surface area contributed by atoms with Gasteiger partial charge in [0.25, 0.3) is 0 Å². The maximum absolute atomic E-state index is 5.91. The molecular weight excluding hydrogens is 206 g/mol. The number of fused-ring (bicyclic) bond motifs is 1. The van der Waals surface area contributed by atoms with Crippen LogP contribution in [-0.2, 0) is 12.8 Å². The lowest BCUT2D eigenvalue weighted by atomic mass is 9.85. The molecule has 3 rings (SSSR count). The molecule has 1 aromatic rings. The van der Waals surface area contributed by atoms with Crippen molar-refractivity contribution in [2.45, 2.75) is 45.4 Å². The Labute approximate surface area is 104 Å². The minimum absolute atomic E-state index is 0.418. The SMILES string of the molecule is CC1(C)C(CN)C1c1cccc2c1CCCC2. The standard InChI is InChI=1S/C16H23N/c1-16(2)14(10-17)15(16)13-9-5-7-11-6-3-4-8-12(11)13/h5,7,9,14-15H,3-4,6,8,10,17H2,1-2H3. The molecule has 0 aromatic heterocycles. The fourth-order valence-corrected chi connectivity index (χ4v) is 3.90. The Morgan fingerprint density at radius 2 is 2.00 bits per heavy atom. The normalized spacial score (nSPS) is 29.8. The van der Waals surface area contributed by atoms with Crippen LogP contribution in [0.1, 0.15) is 49.3 Å². The van der Waals surface area contributed by atoms with E-state index >= 15 is 0 Å². The Bertz CT molecular complexity index is 433. The van der Waals surface area contributed by atoms with E-state index in [0.29, 0.717) is 17.3 Å². The van der Waals surface area contributed by atoms with Crippen LogP contribution in [0.5, 0.6) is 0 Å². The van der Waals surface area contributed by atoms with Crippen LogP contribution < -0.4 is 5.73 Å². The lowest BCUT2D eigenvalue weighted by Gasteiger charge is -2.20. The van der Waals surface area contributed by atoms with Crippen LogP contribution in [-0.4, -0.2) is 6.54 Å². The summed E-state index contributed by atoms with van der Waals surface area (Å²) in [5, 5.41) is 0. The van der Waals surface area contributed by atoms with Gasteiger partial charge in [-0.3, -0.25) is 0 Å². The van der Waals surface area contributed by atoms with Gasteiger partial charge in [-0.25, -0.2) is 0 Å². The van der Waals surface area contributed by atoms with Crippen molar-refractivity contribution < 1.29 is 0 Å². The summed E-state index contributed by atoms with van der Waals surface area (Å²) >= 11 is 0. The molecule has 0 radical (unpaired) electrons. The lowest BCUT2D eigenvalue weighted by Crippen LogP contribution is -2.07. The average molecular weight is 229 g/mol. The van der Waals surface area contributed by atoms with E-state index < -0.39 is 0 Å². The minimum Gasteiger partial charge on any atom is -0.330 e. The van der Waals surface area contributed by atoms with E-state index in [0.717, 1.165) is 6.54 Å². The number of benzene rings is 1. The molecule has 0 heterocycles. The first-order valence-electron chi connectivity index (χ1n) is 6.97. The molecule has 1 nitrogen and oxygen atoms in total. The Kier molecular flexibility index (Phi) is 2.55. The van der Waals surface area contributed by atoms with Crippen LogP contribution in [0, 0.1) is 11.3 Å². The lowest BCUT2D eigenvalue weighted by molar-refractivity contribution is 0.557. The number of nitrogens with two attached hydrogens (primary N) is 1. The van der Waals surface area contributed by atoms with Gasteiger partial charge in [-0.1, -0.05) is 32.0 Å². The van der Waals surface area contributed by atoms with Crippen LogP contribution in [0.2, 0.25) is 0 Å². The largest absolute Gasteiger partial charge is 0.330 e. The summed E-state index contributed by atoms with van der Waals surface area (Å²) in [6, 6.07) is 6.93. The van der Waals surface area contributed by atoms with Crippen molar-refractivity contribution in [3.05, 3.63) is 34.9 Å². The highest BCUT2D eigenvalue weighted by atomic mass is 14.7. The van der Waals surface area contributed by atoms with Gasteiger partial charge in [0, 0.05) is 0 Å². The second-order valence-electron chi connectivity index (χ2n) is 6.33. The average Bonchev–Trinajstić information content (AvgIpc) is 2.90. The summed E-state index contributed by atoms with van der Waals surface area (Å²) in [5.41, 5.74) is 11.2. The van der Waals surface area contributed by atoms with Crippen LogP contribution in [0.25, 0.3) is 0 Å². The van der Waals surface area contributed by atoms with Gasteiger partial charge < -0.3 is 5.73 Å². The van der Waals surface area contributed by atoms with Crippen LogP contribution >= 0.6 is 0 Å².